The lowest BCUT2D eigenvalue weighted by atomic mass is 10.2. The molecule has 1 aliphatic rings. The van der Waals surface area contributed by atoms with Crippen molar-refractivity contribution in [3.05, 3.63) is 53.9 Å². The van der Waals surface area contributed by atoms with Gasteiger partial charge in [-0.15, -0.1) is 10.2 Å². The van der Waals surface area contributed by atoms with Crippen molar-refractivity contribution in [2.75, 3.05) is 6.54 Å². The van der Waals surface area contributed by atoms with E-state index in [1.165, 1.54) is 6.39 Å². The summed E-state index contributed by atoms with van der Waals surface area (Å²) >= 11 is 0. The van der Waals surface area contributed by atoms with Crippen molar-refractivity contribution in [1.29, 1.82) is 0 Å². The van der Waals surface area contributed by atoms with Gasteiger partial charge in [0.25, 0.3) is 5.91 Å². The molecule has 0 saturated carbocycles. The number of hydrogen-bond acceptors (Lipinski definition) is 7. The van der Waals surface area contributed by atoms with E-state index in [0.29, 0.717) is 30.5 Å². The second kappa shape index (κ2) is 6.58. The fourth-order valence-electron chi connectivity index (χ4n) is 3.04. The van der Waals surface area contributed by atoms with E-state index in [1.807, 2.05) is 23.6 Å². The van der Waals surface area contributed by atoms with E-state index < -0.39 is 0 Å². The fraction of sp³-hybridized carbons (Fsp3) is 0.353. The average Bonchev–Trinajstić information content (AvgIpc) is 3.27. The number of fused-ring (bicyclic) bond motifs is 1. The molecule has 9 nitrogen and oxygen atoms in total. The van der Waals surface area contributed by atoms with Gasteiger partial charge in [-0.25, -0.2) is 9.97 Å². The van der Waals surface area contributed by atoms with Crippen LogP contribution in [0.15, 0.2) is 35.2 Å². The Morgan fingerprint density at radius 3 is 2.92 bits per heavy atom. The lowest BCUT2D eigenvalue weighted by molar-refractivity contribution is 0.0601. The number of aryl methyl sites for hydroxylation is 1. The van der Waals surface area contributed by atoms with Crippen molar-refractivity contribution >= 4 is 5.91 Å². The van der Waals surface area contributed by atoms with E-state index >= 15 is 0 Å². The first-order chi connectivity index (χ1) is 12.6. The molecule has 1 amide bonds. The van der Waals surface area contributed by atoms with Crippen molar-refractivity contribution in [1.82, 2.24) is 29.6 Å². The fourth-order valence-corrected chi connectivity index (χ4v) is 3.04. The molecule has 0 saturated heterocycles. The van der Waals surface area contributed by atoms with E-state index in [-0.39, 0.29) is 24.3 Å². The highest BCUT2D eigenvalue weighted by Crippen LogP contribution is 2.26. The van der Waals surface area contributed by atoms with Gasteiger partial charge in [0.1, 0.15) is 6.61 Å². The predicted octanol–water partition coefficient (Wildman–Crippen LogP) is 1.77. The molecule has 4 heterocycles. The van der Waals surface area contributed by atoms with Crippen LogP contribution < -0.4 is 4.74 Å². The first kappa shape index (κ1) is 16.2. The van der Waals surface area contributed by atoms with Gasteiger partial charge in [0, 0.05) is 25.4 Å². The van der Waals surface area contributed by atoms with Gasteiger partial charge < -0.3 is 18.6 Å². The Hall–Kier alpha value is -3.23. The summed E-state index contributed by atoms with van der Waals surface area (Å²) in [5, 5.41) is 8.48. The second-order valence-corrected chi connectivity index (χ2v) is 6.02. The van der Waals surface area contributed by atoms with Gasteiger partial charge in [-0.05, 0) is 19.9 Å². The molecule has 0 N–H and O–H groups in total. The van der Waals surface area contributed by atoms with E-state index in [1.54, 1.807) is 24.1 Å². The minimum absolute atomic E-state index is 0.187. The van der Waals surface area contributed by atoms with Crippen LogP contribution in [0.3, 0.4) is 0 Å². The first-order valence-corrected chi connectivity index (χ1v) is 8.32. The largest absolute Gasteiger partial charge is 0.469 e. The molecule has 0 aromatic carbocycles. The molecular formula is C17H18N6O3. The second-order valence-electron chi connectivity index (χ2n) is 6.02. The summed E-state index contributed by atoms with van der Waals surface area (Å²) < 4.78 is 12.9. The van der Waals surface area contributed by atoms with Gasteiger partial charge in [-0.3, -0.25) is 4.79 Å². The Kier molecular flexibility index (Phi) is 4.11. The Balaban J connectivity index is 1.51. The Morgan fingerprint density at radius 1 is 1.31 bits per heavy atom. The van der Waals surface area contributed by atoms with Gasteiger partial charge in [0.05, 0.1) is 11.7 Å². The van der Waals surface area contributed by atoms with Crippen LogP contribution in [0.4, 0.5) is 0 Å². The van der Waals surface area contributed by atoms with E-state index in [2.05, 4.69) is 20.2 Å². The number of pyridine rings is 1. The molecule has 1 aliphatic heterocycles. The number of oxazole rings is 1. The van der Waals surface area contributed by atoms with E-state index in [9.17, 15) is 4.79 Å². The molecule has 0 fully saturated rings. The van der Waals surface area contributed by atoms with E-state index in [0.717, 1.165) is 5.82 Å². The maximum absolute atomic E-state index is 12.7. The molecule has 0 radical (unpaired) electrons. The summed E-state index contributed by atoms with van der Waals surface area (Å²) in [5.74, 6) is 2.05. The topological polar surface area (TPSA) is 99.2 Å². The predicted molar refractivity (Wildman–Crippen MR) is 89.3 cm³/mol. The minimum atomic E-state index is -0.225. The number of carbonyl (C=O) groups is 1. The monoisotopic (exact) mass is 354 g/mol. The quantitative estimate of drug-likeness (QED) is 0.704. The highest BCUT2D eigenvalue weighted by molar-refractivity contribution is 5.92. The third kappa shape index (κ3) is 2.81. The maximum atomic E-state index is 12.7. The Bertz CT molecular complexity index is 920. The zero-order valence-corrected chi connectivity index (χ0v) is 14.5. The van der Waals surface area contributed by atoms with E-state index in [4.69, 9.17) is 9.15 Å². The average molecular weight is 354 g/mol. The minimum Gasteiger partial charge on any atom is -0.469 e. The molecule has 9 heteroatoms. The van der Waals surface area contributed by atoms with Crippen LogP contribution in [0.5, 0.6) is 5.88 Å². The Morgan fingerprint density at radius 2 is 2.19 bits per heavy atom. The van der Waals surface area contributed by atoms with Gasteiger partial charge >= 0.3 is 0 Å². The number of aromatic nitrogens is 5. The number of carbonyl (C=O) groups excluding carboxylic acids is 1. The summed E-state index contributed by atoms with van der Waals surface area (Å²) in [6.07, 6.45) is 2.96. The summed E-state index contributed by atoms with van der Waals surface area (Å²) in [4.78, 5) is 22.6. The molecule has 0 bridgehead atoms. The van der Waals surface area contributed by atoms with Gasteiger partial charge in [-0.1, -0.05) is 6.07 Å². The Labute approximate surface area is 149 Å². The van der Waals surface area contributed by atoms with Crippen LogP contribution in [0.1, 0.15) is 40.9 Å². The molecule has 26 heavy (non-hydrogen) atoms. The van der Waals surface area contributed by atoms with Crippen LogP contribution >= 0.6 is 0 Å². The van der Waals surface area contributed by atoms with Crippen LogP contribution in [-0.4, -0.2) is 42.1 Å². The maximum Gasteiger partial charge on any atom is 0.292 e. The number of rotatable bonds is 4. The molecule has 134 valence electrons. The van der Waals surface area contributed by atoms with Gasteiger partial charge in [-0.2, -0.15) is 0 Å². The van der Waals surface area contributed by atoms with Crippen molar-refractivity contribution < 1.29 is 13.9 Å². The first-order valence-electron chi connectivity index (χ1n) is 8.32. The van der Waals surface area contributed by atoms with Crippen molar-refractivity contribution in [2.24, 2.45) is 0 Å². The third-order valence-electron chi connectivity index (χ3n) is 4.45. The SMILES string of the molecule is Cc1ncoc1C(=O)N1CCn2c(COc3ccccn3)nnc2[C@H]1C. The number of amides is 1. The van der Waals surface area contributed by atoms with Crippen LogP contribution in [0, 0.1) is 6.92 Å². The van der Waals surface area contributed by atoms with Crippen molar-refractivity contribution in [3.63, 3.8) is 0 Å². The number of ether oxygens (including phenoxy) is 1. The molecule has 1 atom stereocenters. The molecule has 0 unspecified atom stereocenters. The number of hydrogen-bond donors (Lipinski definition) is 0. The van der Waals surface area contributed by atoms with Crippen molar-refractivity contribution in [2.45, 2.75) is 33.0 Å². The van der Waals surface area contributed by atoms with Crippen LogP contribution in [0.25, 0.3) is 0 Å². The van der Waals surface area contributed by atoms with Gasteiger partial charge in [0.2, 0.25) is 11.6 Å². The zero-order chi connectivity index (χ0) is 18.1. The summed E-state index contributed by atoms with van der Waals surface area (Å²) in [7, 11) is 0. The molecular weight excluding hydrogens is 336 g/mol. The van der Waals surface area contributed by atoms with Crippen LogP contribution in [-0.2, 0) is 13.2 Å². The zero-order valence-electron chi connectivity index (χ0n) is 14.5. The molecule has 0 spiro atoms. The number of nitrogens with zero attached hydrogens (tertiary/aromatic N) is 6. The summed E-state index contributed by atoms with van der Waals surface area (Å²) in [6.45, 7) is 5.06. The third-order valence-corrected chi connectivity index (χ3v) is 4.45. The summed E-state index contributed by atoms with van der Waals surface area (Å²) in [5.41, 5.74) is 0.582. The molecule has 4 rings (SSSR count). The smallest absolute Gasteiger partial charge is 0.292 e. The lowest BCUT2D eigenvalue weighted by Gasteiger charge is -2.33. The highest BCUT2D eigenvalue weighted by atomic mass is 16.5. The molecule has 3 aromatic rings. The van der Waals surface area contributed by atoms with Crippen LogP contribution in [0.2, 0.25) is 0 Å². The normalized spacial score (nSPS) is 16.4. The standard InChI is InChI=1S/C17H18N6O3/c1-11-15(26-10-19-11)17(24)22-7-8-23-13(20-21-16(23)12(22)2)9-25-14-5-3-4-6-18-14/h3-6,10,12H,7-9H2,1-2H3/t12-/m1/s1. The van der Waals surface area contributed by atoms with Crippen molar-refractivity contribution in [3.8, 4) is 5.88 Å². The molecule has 3 aromatic heterocycles. The molecule has 0 aliphatic carbocycles. The van der Waals surface area contributed by atoms with Gasteiger partial charge in [0.15, 0.2) is 18.0 Å². The highest BCUT2D eigenvalue weighted by Gasteiger charge is 2.33. The lowest BCUT2D eigenvalue weighted by Crippen LogP contribution is -2.41. The summed E-state index contributed by atoms with van der Waals surface area (Å²) in [6, 6.07) is 5.25.